The Labute approximate surface area is 145 Å². The van der Waals surface area contributed by atoms with Crippen LogP contribution in [0.1, 0.15) is 36.5 Å². The smallest absolute Gasteiger partial charge is 0.145 e. The van der Waals surface area contributed by atoms with Gasteiger partial charge in [0.05, 0.1) is 22.8 Å². The molecule has 2 aromatic rings. The van der Waals surface area contributed by atoms with E-state index in [1.54, 1.807) is 0 Å². The lowest BCUT2D eigenvalue weighted by atomic mass is 10.0. The van der Waals surface area contributed by atoms with E-state index < -0.39 is 0 Å². The summed E-state index contributed by atoms with van der Waals surface area (Å²) in [5, 5.41) is 8.75. The number of benzene rings is 1. The fourth-order valence-corrected chi connectivity index (χ4v) is 3.60. The Bertz CT molecular complexity index is 686. The molecular formula is C17H18Cl2N2O2. The molecule has 4 nitrogen and oxygen atoms in total. The van der Waals surface area contributed by atoms with Crippen LogP contribution in [0, 0.1) is 0 Å². The minimum atomic E-state index is 0.242. The highest BCUT2D eigenvalue weighted by Gasteiger charge is 2.33. The fourth-order valence-electron chi connectivity index (χ4n) is 3.02. The number of halogens is 2. The molecule has 23 heavy (non-hydrogen) atoms. The summed E-state index contributed by atoms with van der Waals surface area (Å²) in [6.07, 6.45) is 3.56. The van der Waals surface area contributed by atoms with Crippen LogP contribution in [0.4, 0.5) is 0 Å². The molecule has 0 amide bonds. The molecule has 1 saturated heterocycles. The van der Waals surface area contributed by atoms with Gasteiger partial charge in [-0.2, -0.15) is 0 Å². The Balaban J connectivity index is 1.68. The van der Waals surface area contributed by atoms with Gasteiger partial charge in [0.25, 0.3) is 0 Å². The van der Waals surface area contributed by atoms with Gasteiger partial charge in [-0.3, -0.25) is 0 Å². The van der Waals surface area contributed by atoms with Crippen molar-refractivity contribution in [3.8, 4) is 11.3 Å². The standard InChI is InChI=1S/C17H18Cl2N2O2/c18-13-2-1-3-14(19)15(13)16-12(9-22-11-6-7-20-8-11)17(23-21-16)10-4-5-10/h1-3,10-11,20H,4-9H2. The van der Waals surface area contributed by atoms with Crippen molar-refractivity contribution in [2.24, 2.45) is 0 Å². The van der Waals surface area contributed by atoms with Crippen molar-refractivity contribution >= 4 is 23.2 Å². The minimum absolute atomic E-state index is 0.242. The van der Waals surface area contributed by atoms with E-state index in [1.807, 2.05) is 18.2 Å². The van der Waals surface area contributed by atoms with E-state index in [9.17, 15) is 0 Å². The average molecular weight is 353 g/mol. The Morgan fingerprint density at radius 1 is 1.22 bits per heavy atom. The van der Waals surface area contributed by atoms with Crippen LogP contribution in [-0.2, 0) is 11.3 Å². The lowest BCUT2D eigenvalue weighted by molar-refractivity contribution is 0.0536. The van der Waals surface area contributed by atoms with Crippen LogP contribution in [0.15, 0.2) is 22.7 Å². The van der Waals surface area contributed by atoms with E-state index >= 15 is 0 Å². The van der Waals surface area contributed by atoms with Crippen molar-refractivity contribution in [1.29, 1.82) is 0 Å². The first-order valence-electron chi connectivity index (χ1n) is 7.99. The zero-order chi connectivity index (χ0) is 15.8. The normalized spacial score (nSPS) is 21.0. The summed E-state index contributed by atoms with van der Waals surface area (Å²) in [5.74, 6) is 1.39. The molecule has 2 fully saturated rings. The predicted octanol–water partition coefficient (Wildman–Crippen LogP) is 4.40. The summed E-state index contributed by atoms with van der Waals surface area (Å²) >= 11 is 12.7. The molecular weight excluding hydrogens is 335 g/mol. The van der Waals surface area contributed by atoms with E-state index in [4.69, 9.17) is 32.5 Å². The first-order valence-corrected chi connectivity index (χ1v) is 8.74. The maximum absolute atomic E-state index is 6.35. The van der Waals surface area contributed by atoms with Crippen LogP contribution in [-0.4, -0.2) is 24.4 Å². The summed E-state index contributed by atoms with van der Waals surface area (Å²) in [4.78, 5) is 0. The summed E-state index contributed by atoms with van der Waals surface area (Å²) in [5.41, 5.74) is 2.44. The Morgan fingerprint density at radius 2 is 2.00 bits per heavy atom. The van der Waals surface area contributed by atoms with Gasteiger partial charge in [-0.05, 0) is 37.9 Å². The zero-order valence-electron chi connectivity index (χ0n) is 12.6. The van der Waals surface area contributed by atoms with Gasteiger partial charge < -0.3 is 14.6 Å². The molecule has 0 radical (unpaired) electrons. The number of hydrogen-bond acceptors (Lipinski definition) is 4. The molecule has 1 atom stereocenters. The van der Waals surface area contributed by atoms with E-state index in [0.29, 0.717) is 28.3 Å². The third-order valence-corrected chi connectivity index (χ3v) is 5.07. The third-order valence-electron chi connectivity index (χ3n) is 4.44. The van der Waals surface area contributed by atoms with Crippen molar-refractivity contribution in [2.45, 2.75) is 37.9 Å². The highest BCUT2D eigenvalue weighted by Crippen LogP contribution is 2.46. The molecule has 1 aliphatic carbocycles. The van der Waals surface area contributed by atoms with Crippen LogP contribution in [0.25, 0.3) is 11.3 Å². The molecule has 1 saturated carbocycles. The second-order valence-corrected chi connectivity index (χ2v) is 6.99. The van der Waals surface area contributed by atoms with E-state index in [1.165, 1.54) is 0 Å². The van der Waals surface area contributed by atoms with E-state index in [0.717, 1.165) is 49.2 Å². The van der Waals surface area contributed by atoms with Gasteiger partial charge in [-0.25, -0.2) is 0 Å². The topological polar surface area (TPSA) is 47.3 Å². The maximum Gasteiger partial charge on any atom is 0.145 e. The van der Waals surface area contributed by atoms with Crippen LogP contribution < -0.4 is 5.32 Å². The minimum Gasteiger partial charge on any atom is -0.372 e. The molecule has 1 unspecified atom stereocenters. The molecule has 2 heterocycles. The first kappa shape index (κ1) is 15.5. The number of nitrogens with zero attached hydrogens (tertiary/aromatic N) is 1. The molecule has 4 rings (SSSR count). The van der Waals surface area contributed by atoms with Crippen LogP contribution in [0.3, 0.4) is 0 Å². The third kappa shape index (κ3) is 3.13. The predicted molar refractivity (Wildman–Crippen MR) is 90.0 cm³/mol. The summed E-state index contributed by atoms with van der Waals surface area (Å²) in [7, 11) is 0. The number of rotatable bonds is 5. The molecule has 0 bridgehead atoms. The molecule has 1 aliphatic heterocycles. The largest absolute Gasteiger partial charge is 0.372 e. The maximum atomic E-state index is 6.35. The van der Waals surface area contributed by atoms with Gasteiger partial charge in [0.1, 0.15) is 11.5 Å². The summed E-state index contributed by atoms with van der Waals surface area (Å²) in [6, 6.07) is 5.47. The van der Waals surface area contributed by atoms with Crippen LogP contribution >= 0.6 is 23.2 Å². The Morgan fingerprint density at radius 3 is 2.65 bits per heavy atom. The number of ether oxygens (including phenoxy) is 1. The second kappa shape index (κ2) is 6.44. The number of hydrogen-bond donors (Lipinski definition) is 1. The van der Waals surface area contributed by atoms with Gasteiger partial charge in [0.15, 0.2) is 0 Å². The molecule has 1 aromatic heterocycles. The van der Waals surface area contributed by atoms with Crippen molar-refractivity contribution in [1.82, 2.24) is 10.5 Å². The SMILES string of the molecule is Clc1cccc(Cl)c1-c1noc(C2CC2)c1COC1CCNC1. The van der Waals surface area contributed by atoms with Gasteiger partial charge in [-0.15, -0.1) is 0 Å². The van der Waals surface area contributed by atoms with Gasteiger partial charge in [-0.1, -0.05) is 34.4 Å². The van der Waals surface area contributed by atoms with Gasteiger partial charge >= 0.3 is 0 Å². The van der Waals surface area contributed by atoms with Crippen molar-refractivity contribution in [3.63, 3.8) is 0 Å². The lowest BCUT2D eigenvalue weighted by Gasteiger charge is -2.12. The van der Waals surface area contributed by atoms with Crippen molar-refractivity contribution < 1.29 is 9.26 Å². The lowest BCUT2D eigenvalue weighted by Crippen LogP contribution is -2.16. The molecule has 1 N–H and O–H groups in total. The average Bonchev–Trinajstić information content (AvgIpc) is 3.08. The van der Waals surface area contributed by atoms with Crippen molar-refractivity contribution in [3.05, 3.63) is 39.6 Å². The summed E-state index contributed by atoms with van der Waals surface area (Å²) < 4.78 is 11.7. The fraction of sp³-hybridized carbons (Fsp3) is 0.471. The first-order chi connectivity index (χ1) is 11.2. The quantitative estimate of drug-likeness (QED) is 0.865. The van der Waals surface area contributed by atoms with E-state index in [2.05, 4.69) is 10.5 Å². The molecule has 2 aliphatic rings. The monoisotopic (exact) mass is 352 g/mol. The van der Waals surface area contributed by atoms with Gasteiger partial charge in [0, 0.05) is 23.6 Å². The number of nitrogens with one attached hydrogen (secondary N) is 1. The molecule has 6 heteroatoms. The molecule has 1 aromatic carbocycles. The van der Waals surface area contributed by atoms with Crippen molar-refractivity contribution in [2.75, 3.05) is 13.1 Å². The van der Waals surface area contributed by atoms with Crippen LogP contribution in [0.5, 0.6) is 0 Å². The highest BCUT2D eigenvalue weighted by molar-refractivity contribution is 6.39. The molecule has 122 valence electrons. The Kier molecular flexibility index (Phi) is 4.33. The molecule has 0 spiro atoms. The Hall–Kier alpha value is -1.07. The zero-order valence-corrected chi connectivity index (χ0v) is 14.2. The number of aromatic nitrogens is 1. The highest BCUT2D eigenvalue weighted by atomic mass is 35.5. The van der Waals surface area contributed by atoms with Gasteiger partial charge in [0.2, 0.25) is 0 Å². The van der Waals surface area contributed by atoms with E-state index in [-0.39, 0.29) is 6.10 Å². The second-order valence-electron chi connectivity index (χ2n) is 6.17. The van der Waals surface area contributed by atoms with Crippen LogP contribution in [0.2, 0.25) is 10.0 Å². The summed E-state index contributed by atoms with van der Waals surface area (Å²) in [6.45, 7) is 2.39.